The summed E-state index contributed by atoms with van der Waals surface area (Å²) < 4.78 is 0. The summed E-state index contributed by atoms with van der Waals surface area (Å²) in [6, 6.07) is 0. The van der Waals surface area contributed by atoms with E-state index in [-0.39, 0.29) is 6.17 Å². The average molecular weight is 146 g/mol. The molecule has 2 nitrogen and oxygen atoms in total. The molecule has 0 saturated carbocycles. The van der Waals surface area contributed by atoms with Gasteiger partial charge in [-0.1, -0.05) is 34.6 Å². The summed E-state index contributed by atoms with van der Waals surface area (Å²) in [5, 5.41) is 0. The first-order chi connectivity index (χ1) is 4.81. The fourth-order valence-electron chi connectivity index (χ4n) is 0.129. The van der Waals surface area contributed by atoms with Crippen LogP contribution in [0.3, 0.4) is 0 Å². The molecule has 0 rings (SSSR count). The molecule has 0 aliphatic heterocycles. The van der Waals surface area contributed by atoms with Crippen LogP contribution in [0.25, 0.3) is 0 Å². The number of nitrogens with zero attached hydrogens (tertiary/aromatic N) is 1. The molecule has 0 radical (unpaired) electrons. The molecule has 0 fully saturated rings. The van der Waals surface area contributed by atoms with Crippen LogP contribution in [-0.2, 0) is 0 Å². The normalized spacial score (nSPS) is 9.40. The first-order valence-corrected chi connectivity index (χ1v) is 4.02. The van der Waals surface area contributed by atoms with Crippen molar-refractivity contribution in [1.29, 1.82) is 0 Å². The van der Waals surface area contributed by atoms with Gasteiger partial charge in [-0.2, -0.15) is 0 Å². The third-order valence-electron chi connectivity index (χ3n) is 0.653. The van der Waals surface area contributed by atoms with Gasteiger partial charge in [0, 0.05) is 0 Å². The van der Waals surface area contributed by atoms with E-state index in [4.69, 9.17) is 5.73 Å². The highest BCUT2D eigenvalue weighted by Crippen LogP contribution is 1.81. The van der Waals surface area contributed by atoms with E-state index in [2.05, 4.69) is 11.7 Å². The Labute approximate surface area is 65.5 Å². The number of hydrogen-bond donors (Lipinski definition) is 1. The second-order valence-electron chi connectivity index (χ2n) is 1.16. The molecule has 0 aliphatic carbocycles. The fourth-order valence-corrected chi connectivity index (χ4v) is 0.129. The Morgan fingerprint density at radius 3 is 1.60 bits per heavy atom. The van der Waals surface area contributed by atoms with Gasteiger partial charge in [0.15, 0.2) is 0 Å². The van der Waals surface area contributed by atoms with Crippen LogP contribution >= 0.6 is 0 Å². The molecule has 2 heteroatoms. The maximum absolute atomic E-state index is 5.24. The minimum Gasteiger partial charge on any atom is -0.310 e. The number of nitrogens with two attached hydrogens (primary N) is 1. The molecule has 0 amide bonds. The van der Waals surface area contributed by atoms with Gasteiger partial charge in [0.25, 0.3) is 0 Å². The second kappa shape index (κ2) is 23.4. The van der Waals surface area contributed by atoms with Crippen molar-refractivity contribution in [3.05, 3.63) is 0 Å². The van der Waals surface area contributed by atoms with Crippen LogP contribution in [-0.4, -0.2) is 12.9 Å². The summed E-state index contributed by atoms with van der Waals surface area (Å²) in [6.07, 6.45) is 0.828. The van der Waals surface area contributed by atoms with Gasteiger partial charge < -0.3 is 5.73 Å². The highest BCUT2D eigenvalue weighted by atomic mass is 14.9. The van der Waals surface area contributed by atoms with E-state index in [9.17, 15) is 0 Å². The summed E-state index contributed by atoms with van der Waals surface area (Å²) in [5.74, 6) is 0. The maximum Gasteiger partial charge on any atom is 0.0959 e. The lowest BCUT2D eigenvalue weighted by atomic mass is 10.4. The number of aliphatic imine (C=N–C) groups is 1. The van der Waals surface area contributed by atoms with Gasteiger partial charge in [-0.15, -0.1) is 0 Å². The third-order valence-corrected chi connectivity index (χ3v) is 0.653. The summed E-state index contributed by atoms with van der Waals surface area (Å²) in [7, 11) is 0. The summed E-state index contributed by atoms with van der Waals surface area (Å²) in [4.78, 5) is 3.53. The molecule has 0 bridgehead atoms. The van der Waals surface area contributed by atoms with Crippen molar-refractivity contribution in [3.63, 3.8) is 0 Å². The predicted octanol–water partition coefficient (Wildman–Crippen LogP) is 2.43. The molecule has 0 aromatic rings. The van der Waals surface area contributed by atoms with Crippen LogP contribution in [0.2, 0.25) is 0 Å². The topological polar surface area (TPSA) is 38.4 Å². The zero-order valence-corrected chi connectivity index (χ0v) is 8.02. The molecule has 0 aromatic heterocycles. The lowest BCUT2D eigenvalue weighted by Crippen LogP contribution is -2.13. The second-order valence-corrected chi connectivity index (χ2v) is 1.16. The smallest absolute Gasteiger partial charge is 0.0959 e. The molecule has 0 saturated heterocycles. The van der Waals surface area contributed by atoms with Gasteiger partial charge >= 0.3 is 0 Å². The van der Waals surface area contributed by atoms with Gasteiger partial charge in [0.1, 0.15) is 0 Å². The van der Waals surface area contributed by atoms with Crippen LogP contribution in [0.15, 0.2) is 4.99 Å². The lowest BCUT2D eigenvalue weighted by molar-refractivity contribution is 0.689. The highest BCUT2D eigenvalue weighted by molar-refractivity contribution is 5.23. The molecular formula is C8H22N2. The Hall–Kier alpha value is -0.370. The van der Waals surface area contributed by atoms with Crippen LogP contribution in [0.5, 0.6) is 0 Å². The van der Waals surface area contributed by atoms with Gasteiger partial charge in [-0.25, -0.2) is 0 Å². The van der Waals surface area contributed by atoms with E-state index < -0.39 is 0 Å². The van der Waals surface area contributed by atoms with Crippen molar-refractivity contribution in [1.82, 2.24) is 0 Å². The third kappa shape index (κ3) is 25.5. The Bertz CT molecular complexity index is 44.5. The molecule has 64 valence electrons. The molecule has 0 heterocycles. The Morgan fingerprint density at radius 1 is 1.30 bits per heavy atom. The largest absolute Gasteiger partial charge is 0.310 e. The Morgan fingerprint density at radius 2 is 1.60 bits per heavy atom. The van der Waals surface area contributed by atoms with Crippen LogP contribution in [0.4, 0.5) is 0 Å². The minimum absolute atomic E-state index is 0.0509. The summed E-state index contributed by atoms with van der Waals surface area (Å²) in [6.45, 7) is 13.2. The van der Waals surface area contributed by atoms with Crippen LogP contribution in [0, 0.1) is 0 Å². The molecule has 0 aromatic carbocycles. The van der Waals surface area contributed by atoms with E-state index in [1.165, 1.54) is 0 Å². The molecule has 10 heavy (non-hydrogen) atoms. The van der Waals surface area contributed by atoms with E-state index in [0.717, 1.165) is 6.42 Å². The van der Waals surface area contributed by atoms with Gasteiger partial charge in [0.05, 0.1) is 6.17 Å². The average Bonchev–Trinajstić information content (AvgIpc) is 2.10. The van der Waals surface area contributed by atoms with Crippen molar-refractivity contribution in [2.24, 2.45) is 10.7 Å². The molecule has 1 unspecified atom stereocenters. The lowest BCUT2D eigenvalue weighted by Gasteiger charge is -1.94. The highest BCUT2D eigenvalue weighted by Gasteiger charge is 1.85. The number of hydrogen-bond acceptors (Lipinski definition) is 2. The predicted molar refractivity (Wildman–Crippen MR) is 50.5 cm³/mol. The SMILES string of the molecule is C=NC(N)CC.CC.CC. The first-order valence-electron chi connectivity index (χ1n) is 4.02. The van der Waals surface area contributed by atoms with Crippen molar-refractivity contribution in [3.8, 4) is 0 Å². The summed E-state index contributed by atoms with van der Waals surface area (Å²) in [5.41, 5.74) is 5.24. The molecule has 0 aliphatic rings. The van der Waals surface area contributed by atoms with Crippen molar-refractivity contribution in [2.45, 2.75) is 47.2 Å². The van der Waals surface area contributed by atoms with E-state index >= 15 is 0 Å². The Kier molecular flexibility index (Phi) is 38.2. The first kappa shape index (κ1) is 16.3. The standard InChI is InChI=1S/C4H10N2.2C2H6/c1-3-4(5)6-2;2*1-2/h4H,2-3,5H2,1H3;2*1-2H3. The zero-order valence-electron chi connectivity index (χ0n) is 8.02. The molecule has 2 N–H and O–H groups in total. The van der Waals surface area contributed by atoms with E-state index in [0.29, 0.717) is 0 Å². The van der Waals surface area contributed by atoms with Gasteiger partial charge in [-0.05, 0) is 13.1 Å². The Balaban J connectivity index is -0.000000105. The summed E-state index contributed by atoms with van der Waals surface area (Å²) >= 11 is 0. The van der Waals surface area contributed by atoms with Gasteiger partial charge in [0.2, 0.25) is 0 Å². The van der Waals surface area contributed by atoms with Crippen molar-refractivity contribution < 1.29 is 0 Å². The van der Waals surface area contributed by atoms with Crippen LogP contribution in [0.1, 0.15) is 41.0 Å². The van der Waals surface area contributed by atoms with Crippen LogP contribution < -0.4 is 5.73 Å². The number of rotatable bonds is 2. The minimum atomic E-state index is -0.0509. The monoisotopic (exact) mass is 146 g/mol. The zero-order chi connectivity index (χ0) is 8.99. The molecule has 1 atom stereocenters. The van der Waals surface area contributed by atoms with Crippen molar-refractivity contribution in [2.75, 3.05) is 0 Å². The fraction of sp³-hybridized carbons (Fsp3) is 0.875. The van der Waals surface area contributed by atoms with E-state index in [1.54, 1.807) is 0 Å². The van der Waals surface area contributed by atoms with Gasteiger partial charge in [-0.3, -0.25) is 4.99 Å². The van der Waals surface area contributed by atoms with Crippen molar-refractivity contribution >= 4 is 6.72 Å². The quantitative estimate of drug-likeness (QED) is 0.597. The molecule has 0 spiro atoms. The molecular weight excluding hydrogens is 124 g/mol. The van der Waals surface area contributed by atoms with E-state index in [1.807, 2.05) is 34.6 Å². The maximum atomic E-state index is 5.24.